The summed E-state index contributed by atoms with van der Waals surface area (Å²) in [7, 11) is -3.57. The molecule has 128 valence electrons. The molecule has 0 aliphatic rings. The van der Waals surface area contributed by atoms with Gasteiger partial charge in [-0.25, -0.2) is 13.1 Å². The highest BCUT2D eigenvalue weighted by molar-refractivity contribution is 7.89. The summed E-state index contributed by atoms with van der Waals surface area (Å²) in [5.74, 6) is -0.948. The molecule has 1 amide bonds. The molecule has 0 saturated carbocycles. The van der Waals surface area contributed by atoms with Crippen molar-refractivity contribution in [3.8, 4) is 0 Å². The number of carbonyl (C=O) groups is 2. The maximum Gasteiger partial charge on any atom is 0.306 e. The lowest BCUT2D eigenvalue weighted by molar-refractivity contribution is -0.152. The number of hydrogen-bond donors (Lipinski definition) is 2. The molecular weight excluding hydrogens is 320 g/mol. The van der Waals surface area contributed by atoms with Gasteiger partial charge in [0.1, 0.15) is 0 Å². The van der Waals surface area contributed by atoms with E-state index in [2.05, 4.69) is 10.0 Å². The van der Waals surface area contributed by atoms with Crippen molar-refractivity contribution >= 4 is 27.6 Å². The van der Waals surface area contributed by atoms with E-state index in [1.807, 2.05) is 0 Å². The van der Waals surface area contributed by atoms with Crippen molar-refractivity contribution in [2.45, 2.75) is 51.2 Å². The molecule has 1 atom stereocenters. The van der Waals surface area contributed by atoms with Gasteiger partial charge in [-0.05, 0) is 45.0 Å². The number of ether oxygens (including phenoxy) is 1. The number of hydrogen-bond acceptors (Lipinski definition) is 5. The van der Waals surface area contributed by atoms with Crippen LogP contribution in [0, 0.1) is 0 Å². The quantitative estimate of drug-likeness (QED) is 0.734. The van der Waals surface area contributed by atoms with Crippen LogP contribution < -0.4 is 10.0 Å². The van der Waals surface area contributed by atoms with Crippen LogP contribution in [0.25, 0.3) is 0 Å². The van der Waals surface area contributed by atoms with Crippen LogP contribution in [-0.2, 0) is 24.3 Å². The van der Waals surface area contributed by atoms with Gasteiger partial charge in [-0.15, -0.1) is 0 Å². The Kier molecular flexibility index (Phi) is 6.71. The zero-order chi connectivity index (χ0) is 17.6. The van der Waals surface area contributed by atoms with E-state index in [9.17, 15) is 18.0 Å². The molecular formula is C15H22N2O5S. The monoisotopic (exact) mass is 342 g/mol. The highest BCUT2D eigenvalue weighted by Crippen LogP contribution is 2.15. The number of esters is 1. The maximum absolute atomic E-state index is 12.0. The van der Waals surface area contributed by atoms with Crippen molar-refractivity contribution in [3.63, 3.8) is 0 Å². The van der Waals surface area contributed by atoms with Gasteiger partial charge >= 0.3 is 5.97 Å². The van der Waals surface area contributed by atoms with Crippen LogP contribution in [0.3, 0.4) is 0 Å². The molecule has 0 radical (unpaired) electrons. The second kappa shape index (κ2) is 8.07. The third kappa shape index (κ3) is 5.99. The van der Waals surface area contributed by atoms with E-state index in [4.69, 9.17) is 4.74 Å². The van der Waals surface area contributed by atoms with Crippen molar-refractivity contribution in [2.75, 3.05) is 5.32 Å². The summed E-state index contributed by atoms with van der Waals surface area (Å²) in [5, 5.41) is 2.56. The predicted octanol–water partition coefficient (Wildman–Crippen LogP) is 1.65. The fourth-order valence-electron chi connectivity index (χ4n) is 1.67. The van der Waals surface area contributed by atoms with Gasteiger partial charge in [0.05, 0.1) is 4.90 Å². The molecule has 8 heteroatoms. The fraction of sp³-hybridized carbons (Fsp3) is 0.467. The molecule has 1 rings (SSSR count). The molecule has 0 bridgehead atoms. The lowest BCUT2D eigenvalue weighted by atomic mass is 10.3. The predicted molar refractivity (Wildman–Crippen MR) is 86.4 cm³/mol. The Labute approximate surface area is 136 Å². The van der Waals surface area contributed by atoms with Gasteiger partial charge in [0.15, 0.2) is 6.10 Å². The van der Waals surface area contributed by atoms with Crippen molar-refractivity contribution in [1.82, 2.24) is 4.72 Å². The van der Waals surface area contributed by atoms with E-state index in [0.717, 1.165) is 0 Å². The highest BCUT2D eigenvalue weighted by Gasteiger charge is 2.18. The van der Waals surface area contributed by atoms with Crippen LogP contribution in [0.1, 0.15) is 34.1 Å². The normalized spacial score (nSPS) is 12.7. The lowest BCUT2D eigenvalue weighted by Gasteiger charge is -2.13. The first-order valence-electron chi connectivity index (χ1n) is 7.28. The van der Waals surface area contributed by atoms with Crippen molar-refractivity contribution in [2.24, 2.45) is 0 Å². The Balaban J connectivity index is 2.74. The van der Waals surface area contributed by atoms with Crippen molar-refractivity contribution < 1.29 is 22.7 Å². The third-order valence-electron chi connectivity index (χ3n) is 2.79. The summed E-state index contributed by atoms with van der Waals surface area (Å²) >= 11 is 0. The summed E-state index contributed by atoms with van der Waals surface area (Å²) < 4.78 is 31.3. The first-order chi connectivity index (χ1) is 10.7. The molecule has 23 heavy (non-hydrogen) atoms. The van der Waals surface area contributed by atoms with Crippen LogP contribution >= 0.6 is 0 Å². The third-order valence-corrected chi connectivity index (χ3v) is 4.46. The summed E-state index contributed by atoms with van der Waals surface area (Å²) in [6.07, 6.45) is -0.735. The minimum Gasteiger partial charge on any atom is -0.453 e. The molecule has 0 aromatic heterocycles. The van der Waals surface area contributed by atoms with E-state index < -0.39 is 28.0 Å². The molecule has 0 heterocycles. The number of sulfonamides is 1. The fourth-order valence-corrected chi connectivity index (χ4v) is 2.92. The van der Waals surface area contributed by atoms with Gasteiger partial charge in [0, 0.05) is 18.2 Å². The number of rotatable bonds is 7. The molecule has 1 aromatic rings. The van der Waals surface area contributed by atoms with Crippen LogP contribution in [0.5, 0.6) is 0 Å². The highest BCUT2D eigenvalue weighted by atomic mass is 32.2. The maximum atomic E-state index is 12.0. The average Bonchev–Trinajstić information content (AvgIpc) is 2.46. The van der Waals surface area contributed by atoms with Crippen molar-refractivity contribution in [1.29, 1.82) is 0 Å². The van der Waals surface area contributed by atoms with Gasteiger partial charge < -0.3 is 10.1 Å². The first kappa shape index (κ1) is 19.1. The molecule has 2 N–H and O–H groups in total. The molecule has 0 spiro atoms. The smallest absolute Gasteiger partial charge is 0.306 e. The Morgan fingerprint density at radius 3 is 2.17 bits per heavy atom. The number of carbonyl (C=O) groups excluding carboxylic acids is 2. The minimum atomic E-state index is -3.57. The molecule has 0 saturated heterocycles. The molecule has 0 aliphatic heterocycles. The molecule has 7 nitrogen and oxygen atoms in total. The van der Waals surface area contributed by atoms with E-state index in [0.29, 0.717) is 5.69 Å². The van der Waals surface area contributed by atoms with E-state index >= 15 is 0 Å². The molecule has 0 unspecified atom stereocenters. The van der Waals surface area contributed by atoms with Crippen molar-refractivity contribution in [3.05, 3.63) is 24.3 Å². The zero-order valence-electron chi connectivity index (χ0n) is 13.6. The molecule has 0 fully saturated rings. The number of amides is 1. The second-order valence-corrected chi connectivity index (χ2v) is 6.99. The van der Waals surface area contributed by atoms with E-state index in [1.54, 1.807) is 20.8 Å². The van der Waals surface area contributed by atoms with E-state index in [1.165, 1.54) is 31.2 Å². The first-order valence-corrected chi connectivity index (χ1v) is 8.76. The Hall–Kier alpha value is -1.93. The Morgan fingerprint density at radius 1 is 1.13 bits per heavy atom. The Bertz CT molecular complexity index is 653. The van der Waals surface area contributed by atoms with E-state index in [-0.39, 0.29) is 17.4 Å². The topological polar surface area (TPSA) is 102 Å². The van der Waals surface area contributed by atoms with Gasteiger partial charge in [0.25, 0.3) is 5.91 Å². The summed E-state index contributed by atoms with van der Waals surface area (Å²) in [6.45, 7) is 6.56. The zero-order valence-corrected chi connectivity index (χ0v) is 14.4. The number of nitrogens with one attached hydrogen (secondary N) is 2. The van der Waals surface area contributed by atoms with Crippen LogP contribution in [0.2, 0.25) is 0 Å². The summed E-state index contributed by atoms with van der Waals surface area (Å²) in [5.41, 5.74) is 0.415. The largest absolute Gasteiger partial charge is 0.453 e. The summed E-state index contributed by atoms with van der Waals surface area (Å²) in [4.78, 5) is 23.1. The average molecular weight is 342 g/mol. The summed E-state index contributed by atoms with van der Waals surface area (Å²) in [6, 6.07) is 5.52. The van der Waals surface area contributed by atoms with Crippen LogP contribution in [-0.4, -0.2) is 32.4 Å². The number of benzene rings is 1. The molecule has 1 aromatic carbocycles. The van der Waals surface area contributed by atoms with Gasteiger partial charge in [0.2, 0.25) is 10.0 Å². The lowest BCUT2D eigenvalue weighted by Crippen LogP contribution is -2.30. The standard InChI is InChI=1S/C15H22N2O5S/c1-5-14(18)22-11(4)15(19)16-12-6-8-13(9-7-12)23(20,21)17-10(2)3/h6-11,17H,5H2,1-4H3,(H,16,19)/t11-/m0/s1. The van der Waals surface area contributed by atoms with Gasteiger partial charge in [-0.2, -0.15) is 0 Å². The molecule has 0 aliphatic carbocycles. The Morgan fingerprint density at radius 2 is 1.70 bits per heavy atom. The van der Waals surface area contributed by atoms with Crippen LogP contribution in [0.4, 0.5) is 5.69 Å². The van der Waals surface area contributed by atoms with Crippen LogP contribution in [0.15, 0.2) is 29.2 Å². The number of anilines is 1. The SMILES string of the molecule is CCC(=O)O[C@@H](C)C(=O)Nc1ccc(S(=O)(=O)NC(C)C)cc1. The van der Waals surface area contributed by atoms with Gasteiger partial charge in [-0.1, -0.05) is 6.92 Å². The minimum absolute atomic E-state index is 0.106. The second-order valence-electron chi connectivity index (χ2n) is 5.28. The van der Waals surface area contributed by atoms with Gasteiger partial charge in [-0.3, -0.25) is 9.59 Å².